The van der Waals surface area contributed by atoms with Crippen LogP contribution in [-0.2, 0) is 0 Å². The summed E-state index contributed by atoms with van der Waals surface area (Å²) in [4.78, 5) is 8.55. The minimum absolute atomic E-state index is 0.464. The van der Waals surface area contributed by atoms with Gasteiger partial charge < -0.3 is 5.32 Å². The average molecular weight is 301 g/mol. The quantitative estimate of drug-likeness (QED) is 0.598. The van der Waals surface area contributed by atoms with Gasteiger partial charge in [-0.2, -0.15) is 0 Å². The Morgan fingerprint density at radius 3 is 2.33 bits per heavy atom. The number of anilines is 2. The molecule has 5 nitrogen and oxygen atoms in total. The molecule has 0 atom stereocenters. The van der Waals surface area contributed by atoms with Crippen molar-refractivity contribution in [1.82, 2.24) is 15.4 Å². The second-order valence-electron chi connectivity index (χ2n) is 5.00. The third kappa shape index (κ3) is 4.39. The number of rotatable bonds is 3. The van der Waals surface area contributed by atoms with Gasteiger partial charge in [0.15, 0.2) is 5.11 Å². The molecule has 0 fully saturated rings. The van der Waals surface area contributed by atoms with Gasteiger partial charge in [-0.1, -0.05) is 12.1 Å². The van der Waals surface area contributed by atoms with E-state index < -0.39 is 0 Å². The van der Waals surface area contributed by atoms with Crippen LogP contribution < -0.4 is 16.2 Å². The maximum absolute atomic E-state index is 5.26. The molecule has 0 bridgehead atoms. The molecule has 0 aliphatic rings. The van der Waals surface area contributed by atoms with Crippen LogP contribution in [0.2, 0.25) is 0 Å². The molecule has 21 heavy (non-hydrogen) atoms. The van der Waals surface area contributed by atoms with Gasteiger partial charge in [0.2, 0.25) is 5.95 Å². The first kappa shape index (κ1) is 15.2. The summed E-state index contributed by atoms with van der Waals surface area (Å²) in [5.74, 6) is 0.498. The third-order valence-corrected chi connectivity index (χ3v) is 3.12. The van der Waals surface area contributed by atoms with E-state index in [2.05, 4.69) is 44.3 Å². The molecule has 0 radical (unpaired) electrons. The zero-order valence-corrected chi connectivity index (χ0v) is 13.4. The number of hydrogen-bond acceptors (Lipinski definition) is 4. The van der Waals surface area contributed by atoms with Crippen LogP contribution in [0.3, 0.4) is 0 Å². The van der Waals surface area contributed by atoms with E-state index in [1.165, 1.54) is 5.56 Å². The van der Waals surface area contributed by atoms with Crippen molar-refractivity contribution in [1.29, 1.82) is 0 Å². The van der Waals surface area contributed by atoms with Gasteiger partial charge in [-0.05, 0) is 63.2 Å². The van der Waals surface area contributed by atoms with Gasteiger partial charge in [-0.25, -0.2) is 9.97 Å². The van der Waals surface area contributed by atoms with Gasteiger partial charge in [0.1, 0.15) is 0 Å². The van der Waals surface area contributed by atoms with Crippen molar-refractivity contribution in [3.63, 3.8) is 0 Å². The second-order valence-corrected chi connectivity index (χ2v) is 5.41. The van der Waals surface area contributed by atoms with E-state index >= 15 is 0 Å². The van der Waals surface area contributed by atoms with Crippen molar-refractivity contribution in [2.45, 2.75) is 27.7 Å². The maximum atomic E-state index is 5.26. The molecular weight excluding hydrogens is 282 g/mol. The van der Waals surface area contributed by atoms with Gasteiger partial charge in [0.05, 0.1) is 0 Å². The van der Waals surface area contributed by atoms with E-state index in [-0.39, 0.29) is 0 Å². The number of benzene rings is 1. The smallest absolute Gasteiger partial charge is 0.242 e. The lowest BCUT2D eigenvalue weighted by atomic mass is 10.1. The molecule has 0 aliphatic heterocycles. The first-order valence-electron chi connectivity index (χ1n) is 6.66. The Bertz CT molecular complexity index is 649. The van der Waals surface area contributed by atoms with E-state index in [0.717, 1.165) is 22.6 Å². The molecule has 0 saturated heterocycles. The summed E-state index contributed by atoms with van der Waals surface area (Å²) in [6.07, 6.45) is 0. The lowest BCUT2D eigenvalue weighted by Crippen LogP contribution is -2.34. The van der Waals surface area contributed by atoms with E-state index in [1.807, 2.05) is 33.8 Å². The first-order chi connectivity index (χ1) is 9.94. The molecule has 0 saturated carbocycles. The van der Waals surface area contributed by atoms with Crippen LogP contribution in [0.5, 0.6) is 0 Å². The highest BCUT2D eigenvalue weighted by atomic mass is 32.1. The Kier molecular flexibility index (Phi) is 4.70. The maximum Gasteiger partial charge on any atom is 0.242 e. The number of hydrazine groups is 1. The van der Waals surface area contributed by atoms with Crippen LogP contribution in [0, 0.1) is 27.7 Å². The Morgan fingerprint density at radius 2 is 1.67 bits per heavy atom. The highest BCUT2D eigenvalue weighted by Gasteiger charge is 2.03. The first-order valence-corrected chi connectivity index (χ1v) is 7.07. The van der Waals surface area contributed by atoms with E-state index in [0.29, 0.717) is 11.1 Å². The zero-order valence-electron chi connectivity index (χ0n) is 12.6. The number of nitrogens with zero attached hydrogens (tertiary/aromatic N) is 2. The van der Waals surface area contributed by atoms with E-state index in [1.54, 1.807) is 0 Å². The Hall–Kier alpha value is -2.21. The standard InChI is InChI=1S/C15H19N5S/c1-9-5-6-10(2)13(7-9)18-15(21)20-19-14-16-11(3)8-12(4)17-14/h5-8H,1-4H3,(H,16,17,19)(H2,18,20,21). The molecule has 1 aromatic carbocycles. The van der Waals surface area contributed by atoms with E-state index in [9.17, 15) is 0 Å². The molecule has 6 heteroatoms. The number of aryl methyl sites for hydroxylation is 4. The molecule has 0 spiro atoms. The van der Waals surface area contributed by atoms with Crippen LogP contribution in [0.15, 0.2) is 24.3 Å². The molecular formula is C15H19N5S. The highest BCUT2D eigenvalue weighted by Crippen LogP contribution is 2.16. The molecule has 1 heterocycles. The second kappa shape index (κ2) is 6.49. The normalized spacial score (nSPS) is 10.1. The summed E-state index contributed by atoms with van der Waals surface area (Å²) in [6.45, 7) is 7.92. The van der Waals surface area contributed by atoms with Crippen molar-refractivity contribution >= 4 is 29.0 Å². The summed E-state index contributed by atoms with van der Waals surface area (Å²) in [6, 6.07) is 8.09. The summed E-state index contributed by atoms with van der Waals surface area (Å²) in [7, 11) is 0. The molecule has 2 rings (SSSR count). The summed E-state index contributed by atoms with van der Waals surface area (Å²) in [5, 5.41) is 3.62. The molecule has 0 amide bonds. The van der Waals surface area contributed by atoms with E-state index in [4.69, 9.17) is 12.2 Å². The highest BCUT2D eigenvalue weighted by molar-refractivity contribution is 7.80. The average Bonchev–Trinajstić information content (AvgIpc) is 2.40. The molecule has 3 N–H and O–H groups in total. The summed E-state index contributed by atoms with van der Waals surface area (Å²) >= 11 is 5.26. The fourth-order valence-corrected chi connectivity index (χ4v) is 2.08. The fraction of sp³-hybridized carbons (Fsp3) is 0.267. The number of thiocarbonyl (C=S) groups is 1. The van der Waals surface area contributed by atoms with Gasteiger partial charge in [-0.3, -0.25) is 10.9 Å². The topological polar surface area (TPSA) is 61.9 Å². The molecule has 0 unspecified atom stereocenters. The predicted octanol–water partition coefficient (Wildman–Crippen LogP) is 3.02. The lowest BCUT2D eigenvalue weighted by molar-refractivity contribution is 0.991. The van der Waals surface area contributed by atoms with Crippen molar-refractivity contribution in [3.8, 4) is 0 Å². The molecule has 0 aliphatic carbocycles. The number of aromatic nitrogens is 2. The minimum Gasteiger partial charge on any atom is -0.331 e. The van der Waals surface area contributed by atoms with Gasteiger partial charge in [-0.15, -0.1) is 0 Å². The van der Waals surface area contributed by atoms with Crippen molar-refractivity contribution in [2.75, 3.05) is 10.7 Å². The lowest BCUT2D eigenvalue weighted by Gasteiger charge is -2.14. The van der Waals surface area contributed by atoms with Crippen molar-refractivity contribution in [2.24, 2.45) is 0 Å². The van der Waals surface area contributed by atoms with Gasteiger partial charge in [0, 0.05) is 17.1 Å². The Balaban J connectivity index is 1.97. The Morgan fingerprint density at radius 1 is 1.00 bits per heavy atom. The fourth-order valence-electron chi connectivity index (χ4n) is 1.92. The van der Waals surface area contributed by atoms with Gasteiger partial charge >= 0.3 is 0 Å². The van der Waals surface area contributed by atoms with Crippen molar-refractivity contribution in [3.05, 3.63) is 46.8 Å². The molecule has 1 aromatic heterocycles. The zero-order chi connectivity index (χ0) is 15.4. The molecule has 110 valence electrons. The monoisotopic (exact) mass is 301 g/mol. The largest absolute Gasteiger partial charge is 0.331 e. The van der Waals surface area contributed by atoms with Crippen LogP contribution in [0.25, 0.3) is 0 Å². The minimum atomic E-state index is 0.464. The number of hydrogen-bond donors (Lipinski definition) is 3. The molecule has 2 aromatic rings. The van der Waals surface area contributed by atoms with Crippen LogP contribution >= 0.6 is 12.2 Å². The van der Waals surface area contributed by atoms with Crippen LogP contribution in [0.4, 0.5) is 11.6 Å². The van der Waals surface area contributed by atoms with Gasteiger partial charge in [0.25, 0.3) is 0 Å². The van der Waals surface area contributed by atoms with Crippen LogP contribution in [0.1, 0.15) is 22.5 Å². The van der Waals surface area contributed by atoms with Crippen LogP contribution in [-0.4, -0.2) is 15.1 Å². The Labute approximate surface area is 130 Å². The summed E-state index contributed by atoms with van der Waals surface area (Å²) < 4.78 is 0. The number of nitrogens with one attached hydrogen (secondary N) is 3. The predicted molar refractivity (Wildman–Crippen MR) is 90.4 cm³/mol. The SMILES string of the molecule is Cc1ccc(C)c(NC(=S)NNc2nc(C)cc(C)n2)c1. The third-order valence-electron chi connectivity index (χ3n) is 2.91. The van der Waals surface area contributed by atoms with Crippen molar-refractivity contribution < 1.29 is 0 Å². The summed E-state index contributed by atoms with van der Waals surface area (Å²) in [5.41, 5.74) is 10.9.